The van der Waals surface area contributed by atoms with E-state index in [1.54, 1.807) is 30.3 Å². The molecule has 0 bridgehead atoms. The number of carboxylic acids is 1. The molecule has 7 heteroatoms. The third kappa shape index (κ3) is 7.50. The van der Waals surface area contributed by atoms with Crippen molar-refractivity contribution in [3.8, 4) is 23.0 Å². The van der Waals surface area contributed by atoms with Crippen LogP contribution >= 0.6 is 0 Å². The molecule has 0 atom stereocenters. The van der Waals surface area contributed by atoms with Crippen LogP contribution in [0.15, 0.2) is 66.7 Å². The van der Waals surface area contributed by atoms with Crippen LogP contribution in [0.1, 0.15) is 42.9 Å². The summed E-state index contributed by atoms with van der Waals surface area (Å²) >= 11 is 0. The topological polar surface area (TPSA) is 109 Å². The molecular formula is C28H31NO6. The molecule has 3 rings (SSSR count). The largest absolute Gasteiger partial charge is 0.507 e. The van der Waals surface area contributed by atoms with Crippen molar-refractivity contribution in [2.45, 2.75) is 32.6 Å². The molecule has 0 aliphatic carbocycles. The second kappa shape index (κ2) is 13.0. The minimum absolute atomic E-state index is 0.103. The zero-order valence-corrected chi connectivity index (χ0v) is 19.8. The first-order valence-corrected chi connectivity index (χ1v) is 11.7. The normalized spacial score (nSPS) is 10.5. The highest BCUT2D eigenvalue weighted by molar-refractivity contribution is 6.12. The summed E-state index contributed by atoms with van der Waals surface area (Å²) in [6, 6.07) is 19.8. The Morgan fingerprint density at radius 1 is 0.886 bits per heavy atom. The molecule has 184 valence electrons. The van der Waals surface area contributed by atoms with Crippen molar-refractivity contribution in [2.75, 3.05) is 19.8 Å². The van der Waals surface area contributed by atoms with E-state index in [2.05, 4.69) is 0 Å². The van der Waals surface area contributed by atoms with Gasteiger partial charge in [0.05, 0.1) is 18.9 Å². The van der Waals surface area contributed by atoms with Crippen LogP contribution in [0.3, 0.4) is 0 Å². The summed E-state index contributed by atoms with van der Waals surface area (Å²) in [6.45, 7) is 2.59. The number of aromatic hydroxyl groups is 1. The number of hydrogen-bond donors (Lipinski definition) is 3. The third-order valence-electron chi connectivity index (χ3n) is 5.30. The first-order valence-electron chi connectivity index (χ1n) is 11.7. The van der Waals surface area contributed by atoms with Crippen LogP contribution in [0, 0.1) is 5.41 Å². The van der Waals surface area contributed by atoms with Crippen molar-refractivity contribution >= 4 is 11.7 Å². The van der Waals surface area contributed by atoms with Gasteiger partial charge in [0.2, 0.25) is 0 Å². The first kappa shape index (κ1) is 25.6. The monoisotopic (exact) mass is 477 g/mol. The van der Waals surface area contributed by atoms with Crippen LogP contribution in [-0.2, 0) is 11.2 Å². The molecule has 35 heavy (non-hydrogen) atoms. The van der Waals surface area contributed by atoms with E-state index in [-0.39, 0.29) is 11.5 Å². The minimum Gasteiger partial charge on any atom is -0.507 e. The van der Waals surface area contributed by atoms with E-state index in [9.17, 15) is 9.90 Å². The summed E-state index contributed by atoms with van der Waals surface area (Å²) in [5.41, 5.74) is 2.24. The Bertz CT molecular complexity index is 1130. The van der Waals surface area contributed by atoms with Crippen LogP contribution in [0.25, 0.3) is 0 Å². The van der Waals surface area contributed by atoms with Gasteiger partial charge in [-0.15, -0.1) is 0 Å². The zero-order chi connectivity index (χ0) is 25.0. The van der Waals surface area contributed by atoms with E-state index in [4.69, 9.17) is 24.7 Å². The number of rotatable bonds is 14. The summed E-state index contributed by atoms with van der Waals surface area (Å²) in [4.78, 5) is 10.6. The van der Waals surface area contributed by atoms with Crippen LogP contribution in [0.5, 0.6) is 23.0 Å². The van der Waals surface area contributed by atoms with Gasteiger partial charge in [-0.3, -0.25) is 5.41 Å². The molecule has 3 aromatic rings. The fourth-order valence-corrected chi connectivity index (χ4v) is 3.58. The maximum absolute atomic E-state index is 10.9. The van der Waals surface area contributed by atoms with Gasteiger partial charge in [0.1, 0.15) is 23.0 Å². The van der Waals surface area contributed by atoms with Crippen molar-refractivity contribution in [2.24, 2.45) is 0 Å². The zero-order valence-electron chi connectivity index (χ0n) is 19.8. The summed E-state index contributed by atoms with van der Waals surface area (Å²) in [5.74, 6) is 0.765. The van der Waals surface area contributed by atoms with Gasteiger partial charge in [-0.2, -0.15) is 0 Å². The Labute approximate surface area is 205 Å². The van der Waals surface area contributed by atoms with Crippen LogP contribution < -0.4 is 14.2 Å². The van der Waals surface area contributed by atoms with Crippen LogP contribution in [0.4, 0.5) is 0 Å². The van der Waals surface area contributed by atoms with Crippen molar-refractivity contribution in [1.29, 1.82) is 5.41 Å². The Hall–Kier alpha value is -4.00. The standard InChI is InChI=1S/C28H31NO6/c1-2-9-23-25(15-14-24(28(23)32)27(29)20-10-4-3-5-11-20)34-17-7-6-16-33-21-12-8-13-22(18-21)35-19-26(30)31/h3-5,8,10-15,18,29,32H,2,6-7,9,16-17,19H2,1H3,(H,30,31). The molecule has 0 saturated carbocycles. The Balaban J connectivity index is 1.51. The van der Waals surface area contributed by atoms with Crippen molar-refractivity contribution in [3.05, 3.63) is 83.4 Å². The van der Waals surface area contributed by atoms with E-state index in [0.717, 1.165) is 30.4 Å². The van der Waals surface area contributed by atoms with E-state index >= 15 is 0 Å². The number of ether oxygens (including phenoxy) is 3. The molecule has 0 heterocycles. The molecule has 7 nitrogen and oxygen atoms in total. The maximum Gasteiger partial charge on any atom is 0.341 e. The lowest BCUT2D eigenvalue weighted by molar-refractivity contribution is -0.139. The van der Waals surface area contributed by atoms with E-state index in [0.29, 0.717) is 42.4 Å². The molecule has 0 unspecified atom stereocenters. The predicted molar refractivity (Wildman–Crippen MR) is 134 cm³/mol. The molecule has 0 saturated heterocycles. The number of hydrogen-bond acceptors (Lipinski definition) is 6. The highest BCUT2D eigenvalue weighted by atomic mass is 16.5. The number of nitrogens with one attached hydrogen (secondary N) is 1. The van der Waals surface area contributed by atoms with Gasteiger partial charge in [0.15, 0.2) is 6.61 Å². The molecule has 3 N–H and O–H groups in total. The van der Waals surface area contributed by atoms with Crippen LogP contribution in [0.2, 0.25) is 0 Å². The predicted octanol–water partition coefficient (Wildman–Crippen LogP) is 5.46. The number of carboxylic acid groups (broad SMARTS) is 1. The van der Waals surface area contributed by atoms with E-state index < -0.39 is 12.6 Å². The molecule has 0 amide bonds. The molecule has 0 radical (unpaired) electrons. The van der Waals surface area contributed by atoms with E-state index in [1.807, 2.05) is 43.3 Å². The van der Waals surface area contributed by atoms with Gasteiger partial charge in [-0.25, -0.2) is 4.79 Å². The highest BCUT2D eigenvalue weighted by Gasteiger charge is 2.17. The van der Waals surface area contributed by atoms with Gasteiger partial charge < -0.3 is 24.4 Å². The highest BCUT2D eigenvalue weighted by Crippen LogP contribution is 2.34. The minimum atomic E-state index is -1.03. The summed E-state index contributed by atoms with van der Waals surface area (Å²) in [7, 11) is 0. The Morgan fingerprint density at radius 3 is 2.26 bits per heavy atom. The molecule has 0 aliphatic heterocycles. The summed E-state index contributed by atoms with van der Waals surface area (Å²) < 4.78 is 16.9. The molecule has 0 aliphatic rings. The quantitative estimate of drug-likeness (QED) is 0.210. The number of carbonyl (C=O) groups is 1. The second-order valence-corrected chi connectivity index (χ2v) is 7.99. The summed E-state index contributed by atoms with van der Waals surface area (Å²) in [6.07, 6.45) is 3.00. The van der Waals surface area contributed by atoms with Crippen molar-refractivity contribution in [1.82, 2.24) is 0 Å². The van der Waals surface area contributed by atoms with Gasteiger partial charge in [-0.05, 0) is 43.5 Å². The van der Waals surface area contributed by atoms with Gasteiger partial charge in [-0.1, -0.05) is 49.7 Å². The second-order valence-electron chi connectivity index (χ2n) is 7.99. The van der Waals surface area contributed by atoms with Gasteiger partial charge >= 0.3 is 5.97 Å². The average Bonchev–Trinajstić information content (AvgIpc) is 2.87. The Kier molecular flexibility index (Phi) is 9.54. The number of benzene rings is 3. The molecule has 0 spiro atoms. The van der Waals surface area contributed by atoms with Crippen molar-refractivity contribution in [3.63, 3.8) is 0 Å². The number of aliphatic carboxylic acids is 1. The number of unbranched alkanes of at least 4 members (excludes halogenated alkanes) is 1. The van der Waals surface area contributed by atoms with E-state index in [1.165, 1.54) is 0 Å². The SMILES string of the molecule is CCCc1c(OCCCCOc2cccc(OCC(=O)O)c2)ccc(C(=N)c2ccccc2)c1O. The van der Waals surface area contributed by atoms with Crippen LogP contribution in [-0.4, -0.2) is 41.7 Å². The maximum atomic E-state index is 10.9. The number of phenols is 1. The summed E-state index contributed by atoms with van der Waals surface area (Å²) in [5, 5.41) is 28.1. The lowest BCUT2D eigenvalue weighted by atomic mass is 9.97. The third-order valence-corrected chi connectivity index (χ3v) is 5.30. The smallest absolute Gasteiger partial charge is 0.341 e. The number of phenolic OH excluding ortho intramolecular Hbond substituents is 1. The Morgan fingerprint density at radius 2 is 1.57 bits per heavy atom. The molecule has 3 aromatic carbocycles. The molecule has 0 aromatic heterocycles. The fourth-order valence-electron chi connectivity index (χ4n) is 3.58. The van der Waals surface area contributed by atoms with Gasteiger partial charge in [0, 0.05) is 22.8 Å². The fraction of sp³-hybridized carbons (Fsp3) is 0.286. The average molecular weight is 478 g/mol. The lowest BCUT2D eigenvalue weighted by Crippen LogP contribution is -2.09. The first-order chi connectivity index (χ1) is 17.0. The molecular weight excluding hydrogens is 446 g/mol. The molecule has 0 fully saturated rings. The lowest BCUT2D eigenvalue weighted by Gasteiger charge is -2.16. The van der Waals surface area contributed by atoms with Gasteiger partial charge in [0.25, 0.3) is 0 Å². The van der Waals surface area contributed by atoms with Crippen molar-refractivity contribution < 1.29 is 29.2 Å².